The molecule has 3 N–H and O–H groups in total. The van der Waals surface area contributed by atoms with E-state index >= 15 is 0 Å². The largest absolute Gasteiger partial charge is 0.491 e. The van der Waals surface area contributed by atoms with Crippen molar-refractivity contribution in [3.63, 3.8) is 0 Å². The van der Waals surface area contributed by atoms with Crippen molar-refractivity contribution in [3.05, 3.63) is 92.7 Å². The van der Waals surface area contributed by atoms with E-state index in [0.29, 0.717) is 28.6 Å². The highest BCUT2D eigenvalue weighted by Gasteiger charge is 2.25. The molecule has 198 valence electrons. The van der Waals surface area contributed by atoms with Gasteiger partial charge in [0.1, 0.15) is 11.9 Å². The normalized spacial score (nSPS) is 11.7. The van der Waals surface area contributed by atoms with Crippen molar-refractivity contribution in [2.45, 2.75) is 13.0 Å². The highest BCUT2D eigenvalue weighted by atomic mass is 16.6. The van der Waals surface area contributed by atoms with Crippen molar-refractivity contribution in [2.75, 3.05) is 19.5 Å². The minimum absolute atomic E-state index is 0.155. The maximum atomic E-state index is 12.9. The predicted octanol–water partition coefficient (Wildman–Crippen LogP) is 2.57. The van der Waals surface area contributed by atoms with Gasteiger partial charge in [-0.2, -0.15) is 9.78 Å². The Labute approximate surface area is 220 Å². The second kappa shape index (κ2) is 10.4. The zero-order valence-electron chi connectivity index (χ0n) is 20.9. The minimum Gasteiger partial charge on any atom is -0.491 e. The van der Waals surface area contributed by atoms with Crippen molar-refractivity contribution in [3.8, 4) is 28.8 Å². The van der Waals surface area contributed by atoms with Crippen molar-refractivity contribution < 1.29 is 14.4 Å². The van der Waals surface area contributed by atoms with E-state index in [-0.39, 0.29) is 23.2 Å². The molecule has 0 saturated heterocycles. The Morgan fingerprint density at radius 3 is 2.59 bits per heavy atom. The molecule has 0 spiro atoms. The summed E-state index contributed by atoms with van der Waals surface area (Å²) >= 11 is 0. The number of pyridine rings is 2. The van der Waals surface area contributed by atoms with Gasteiger partial charge in [-0.25, -0.2) is 19.7 Å². The van der Waals surface area contributed by atoms with Crippen LogP contribution in [0.5, 0.6) is 11.6 Å². The topological polar surface area (TPSA) is 192 Å². The number of H-pyrrole nitrogens is 2. The fourth-order valence-corrected chi connectivity index (χ4v) is 3.88. The lowest BCUT2D eigenvalue weighted by molar-refractivity contribution is -0.385. The third-order valence-corrected chi connectivity index (χ3v) is 5.71. The van der Waals surface area contributed by atoms with Gasteiger partial charge in [-0.15, -0.1) is 5.10 Å². The number of aryl methyl sites for hydroxylation is 1. The summed E-state index contributed by atoms with van der Waals surface area (Å²) in [5.74, 6) is 1.82. The van der Waals surface area contributed by atoms with Crippen molar-refractivity contribution >= 4 is 11.4 Å². The molecule has 1 aromatic carbocycles. The van der Waals surface area contributed by atoms with Gasteiger partial charge in [0, 0.05) is 35.3 Å². The number of hydrogen-bond donors (Lipinski definition) is 3. The molecule has 0 fully saturated rings. The second-order valence-electron chi connectivity index (χ2n) is 8.21. The van der Waals surface area contributed by atoms with Crippen LogP contribution in [0, 0.1) is 17.0 Å². The summed E-state index contributed by atoms with van der Waals surface area (Å²) < 4.78 is 11.5. The average Bonchev–Trinajstić information content (AvgIpc) is 3.56. The first-order chi connectivity index (χ1) is 18.9. The van der Waals surface area contributed by atoms with Crippen LogP contribution in [0.1, 0.15) is 23.3 Å². The molecule has 4 aromatic heterocycles. The molecule has 0 amide bonds. The van der Waals surface area contributed by atoms with E-state index in [1.54, 1.807) is 12.3 Å². The lowest BCUT2D eigenvalue weighted by Gasteiger charge is -2.19. The zero-order valence-corrected chi connectivity index (χ0v) is 20.9. The van der Waals surface area contributed by atoms with Gasteiger partial charge in [0.15, 0.2) is 17.4 Å². The number of aromatic nitrogens is 8. The molecule has 1 atom stereocenters. The number of hydrogen-bond acceptors (Lipinski definition) is 11. The Bertz CT molecular complexity index is 1690. The average molecular weight is 531 g/mol. The number of rotatable bonds is 9. The van der Waals surface area contributed by atoms with Crippen LogP contribution in [-0.2, 0) is 0 Å². The van der Waals surface area contributed by atoms with Gasteiger partial charge < -0.3 is 14.8 Å². The van der Waals surface area contributed by atoms with Gasteiger partial charge in [0.25, 0.3) is 5.88 Å². The van der Waals surface area contributed by atoms with E-state index in [1.165, 1.54) is 32.5 Å². The van der Waals surface area contributed by atoms with Crippen LogP contribution in [0.3, 0.4) is 0 Å². The maximum Gasteiger partial charge on any atom is 0.349 e. The Balaban J connectivity index is 1.57. The number of benzene rings is 1. The molecule has 0 aliphatic rings. The summed E-state index contributed by atoms with van der Waals surface area (Å²) in [6.45, 7) is 1.81. The van der Waals surface area contributed by atoms with Crippen LogP contribution in [0.25, 0.3) is 17.2 Å². The van der Waals surface area contributed by atoms with Crippen molar-refractivity contribution in [2.24, 2.45) is 0 Å². The van der Waals surface area contributed by atoms with E-state index in [0.717, 1.165) is 10.2 Å². The van der Waals surface area contributed by atoms with Crippen LogP contribution in [0.15, 0.2) is 59.7 Å². The Morgan fingerprint density at radius 2 is 1.92 bits per heavy atom. The number of anilines is 1. The van der Waals surface area contributed by atoms with Crippen LogP contribution in [0.2, 0.25) is 0 Å². The molecular weight excluding hydrogens is 508 g/mol. The molecule has 15 nitrogen and oxygen atoms in total. The molecule has 0 saturated carbocycles. The molecular formula is C24H22N10O5. The van der Waals surface area contributed by atoms with Gasteiger partial charge in [0.05, 0.1) is 19.1 Å². The molecule has 5 aromatic rings. The van der Waals surface area contributed by atoms with Crippen LogP contribution in [0.4, 0.5) is 11.4 Å². The SMILES string of the molecule is COc1cc(C(Nc2ccc(-c3n[nH]c(C)n3)cc2)c2nn(-c3ncccc3[N+](=O)[O-])c(=O)[nH]2)cnc1OC. The lowest BCUT2D eigenvalue weighted by Crippen LogP contribution is -2.18. The molecule has 0 aliphatic carbocycles. The number of nitrogens with zero attached hydrogens (tertiary/aromatic N) is 7. The van der Waals surface area contributed by atoms with Gasteiger partial charge in [-0.1, -0.05) is 0 Å². The summed E-state index contributed by atoms with van der Waals surface area (Å²) in [6.07, 6.45) is 2.89. The lowest BCUT2D eigenvalue weighted by atomic mass is 10.1. The zero-order chi connectivity index (χ0) is 27.5. The van der Waals surface area contributed by atoms with Crippen molar-refractivity contribution in [1.82, 2.24) is 39.9 Å². The third kappa shape index (κ3) is 5.00. The summed E-state index contributed by atoms with van der Waals surface area (Å²) in [5.41, 5.74) is 0.965. The summed E-state index contributed by atoms with van der Waals surface area (Å²) in [5, 5.41) is 26.2. The number of ether oxygens (including phenoxy) is 2. The standard InChI is InChI=1S/C24H22N10O5/c1-13-27-20(31-30-13)14-6-8-16(9-7-14)28-19(15-11-18(38-2)23(39-3)26-12-15)21-29-24(35)33(32-21)22-17(34(36)37)5-4-10-25-22/h4-12,19,28H,1-3H3,(H,27,30,31)(H,29,32,35). The third-order valence-electron chi connectivity index (χ3n) is 5.71. The molecule has 5 rings (SSSR count). The summed E-state index contributed by atoms with van der Waals surface area (Å²) in [7, 11) is 2.95. The van der Waals surface area contributed by atoms with E-state index < -0.39 is 16.7 Å². The Kier molecular flexibility index (Phi) is 6.69. The van der Waals surface area contributed by atoms with E-state index in [9.17, 15) is 14.9 Å². The Hall–Kier alpha value is -5.60. The van der Waals surface area contributed by atoms with Gasteiger partial charge in [0.2, 0.25) is 5.82 Å². The van der Waals surface area contributed by atoms with Crippen LogP contribution < -0.4 is 20.5 Å². The highest BCUT2D eigenvalue weighted by molar-refractivity contribution is 5.60. The number of aromatic amines is 2. The first-order valence-electron chi connectivity index (χ1n) is 11.5. The van der Waals surface area contributed by atoms with Gasteiger partial charge in [-0.05, 0) is 43.3 Å². The second-order valence-corrected chi connectivity index (χ2v) is 8.21. The summed E-state index contributed by atoms with van der Waals surface area (Å²) in [4.78, 5) is 39.1. The minimum atomic E-state index is -0.759. The number of nitro groups is 1. The fourth-order valence-electron chi connectivity index (χ4n) is 3.88. The first-order valence-corrected chi connectivity index (χ1v) is 11.5. The molecule has 15 heteroatoms. The van der Waals surface area contributed by atoms with Gasteiger partial charge in [-0.3, -0.25) is 20.2 Å². The van der Waals surface area contributed by atoms with E-state index in [4.69, 9.17) is 9.47 Å². The molecule has 39 heavy (non-hydrogen) atoms. The monoisotopic (exact) mass is 530 g/mol. The molecule has 1 unspecified atom stereocenters. The van der Waals surface area contributed by atoms with E-state index in [1.807, 2.05) is 31.2 Å². The Morgan fingerprint density at radius 1 is 1.13 bits per heavy atom. The molecule has 0 bridgehead atoms. The quantitative estimate of drug-likeness (QED) is 0.187. The van der Waals surface area contributed by atoms with Crippen molar-refractivity contribution in [1.29, 1.82) is 0 Å². The number of nitrogens with one attached hydrogen (secondary N) is 3. The van der Waals surface area contributed by atoms with E-state index in [2.05, 4.69) is 40.5 Å². The fraction of sp³-hybridized carbons (Fsp3) is 0.167. The van der Waals surface area contributed by atoms with Gasteiger partial charge >= 0.3 is 11.4 Å². The molecule has 0 radical (unpaired) electrons. The van der Waals surface area contributed by atoms with Crippen LogP contribution in [-0.4, -0.2) is 59.1 Å². The first kappa shape index (κ1) is 25.1. The number of methoxy groups -OCH3 is 2. The molecule has 0 aliphatic heterocycles. The predicted molar refractivity (Wildman–Crippen MR) is 138 cm³/mol. The maximum absolute atomic E-state index is 12.9. The smallest absolute Gasteiger partial charge is 0.349 e. The van der Waals surface area contributed by atoms with Crippen LogP contribution >= 0.6 is 0 Å². The highest BCUT2D eigenvalue weighted by Crippen LogP contribution is 2.31. The summed E-state index contributed by atoms with van der Waals surface area (Å²) in [6, 6.07) is 10.9. The molecule has 4 heterocycles.